The highest BCUT2D eigenvalue weighted by Crippen LogP contribution is 2.32. The van der Waals surface area contributed by atoms with Crippen molar-refractivity contribution in [2.45, 2.75) is 43.5 Å². The lowest BCUT2D eigenvalue weighted by molar-refractivity contribution is -0.119. The van der Waals surface area contributed by atoms with E-state index in [-0.39, 0.29) is 28.2 Å². The molecule has 0 radical (unpaired) electrons. The highest BCUT2D eigenvalue weighted by atomic mass is 32.2. The quantitative estimate of drug-likeness (QED) is 0.679. The molecule has 172 valence electrons. The summed E-state index contributed by atoms with van der Waals surface area (Å²) >= 11 is 0. The van der Waals surface area contributed by atoms with Gasteiger partial charge in [-0.1, -0.05) is 0 Å². The Morgan fingerprint density at radius 1 is 1.16 bits per heavy atom. The van der Waals surface area contributed by atoms with Crippen molar-refractivity contribution in [1.82, 2.24) is 9.21 Å². The van der Waals surface area contributed by atoms with E-state index in [0.29, 0.717) is 44.8 Å². The van der Waals surface area contributed by atoms with Crippen molar-refractivity contribution in [3.8, 4) is 5.75 Å². The molecule has 2 amide bonds. The molecule has 1 N–H and O–H groups in total. The van der Waals surface area contributed by atoms with Crippen LogP contribution in [0.5, 0.6) is 5.75 Å². The topological polar surface area (TPSA) is 109 Å². The van der Waals surface area contributed by atoms with E-state index in [1.165, 1.54) is 21.5 Å². The van der Waals surface area contributed by atoms with Crippen LogP contribution in [-0.4, -0.2) is 61.7 Å². The molecule has 0 saturated carbocycles. The minimum absolute atomic E-state index is 0.0361. The molecule has 2 fully saturated rings. The first-order valence-corrected chi connectivity index (χ1v) is 12.3. The van der Waals surface area contributed by atoms with Gasteiger partial charge in [-0.2, -0.15) is 4.31 Å². The highest BCUT2D eigenvalue weighted by molar-refractivity contribution is 7.89. The van der Waals surface area contributed by atoms with Gasteiger partial charge in [0, 0.05) is 25.3 Å². The molecular formula is C22H27N3O6S. The van der Waals surface area contributed by atoms with Gasteiger partial charge in [-0.05, 0) is 62.9 Å². The molecular weight excluding hydrogens is 434 g/mol. The minimum Gasteiger partial charge on any atom is -0.492 e. The van der Waals surface area contributed by atoms with E-state index in [2.05, 4.69) is 5.32 Å². The molecule has 32 heavy (non-hydrogen) atoms. The van der Waals surface area contributed by atoms with Gasteiger partial charge in [0.25, 0.3) is 5.91 Å². The molecule has 1 atom stereocenters. The molecule has 2 saturated heterocycles. The number of furan rings is 1. The zero-order valence-electron chi connectivity index (χ0n) is 18.0. The molecule has 3 heterocycles. The van der Waals surface area contributed by atoms with Crippen LogP contribution in [0.2, 0.25) is 0 Å². The van der Waals surface area contributed by atoms with Gasteiger partial charge < -0.3 is 19.4 Å². The van der Waals surface area contributed by atoms with Crippen molar-refractivity contribution in [1.29, 1.82) is 0 Å². The number of hydrogen-bond acceptors (Lipinski definition) is 6. The van der Waals surface area contributed by atoms with Crippen LogP contribution >= 0.6 is 0 Å². The van der Waals surface area contributed by atoms with E-state index in [1.54, 1.807) is 31.2 Å². The van der Waals surface area contributed by atoms with Crippen molar-refractivity contribution in [2.75, 3.05) is 31.6 Å². The largest absolute Gasteiger partial charge is 0.492 e. The Hall–Kier alpha value is -2.85. The Morgan fingerprint density at radius 3 is 2.62 bits per heavy atom. The number of amides is 2. The summed E-state index contributed by atoms with van der Waals surface area (Å²) in [5, 5.41) is 2.78. The Balaban J connectivity index is 1.56. The summed E-state index contributed by atoms with van der Waals surface area (Å²) in [5.74, 6) is -0.259. The fourth-order valence-electron chi connectivity index (χ4n) is 4.18. The van der Waals surface area contributed by atoms with Crippen LogP contribution in [0, 0.1) is 0 Å². The van der Waals surface area contributed by atoms with E-state index in [1.807, 2.05) is 0 Å². The number of sulfonamides is 1. The fraction of sp³-hybridized carbons (Fsp3) is 0.455. The number of anilines is 1. The molecule has 0 bridgehead atoms. The maximum absolute atomic E-state index is 13.2. The third-order valence-electron chi connectivity index (χ3n) is 5.74. The number of carbonyl (C=O) groups excluding carboxylic acids is 2. The summed E-state index contributed by atoms with van der Waals surface area (Å²) in [6.45, 7) is 3.50. The smallest absolute Gasteiger partial charge is 0.290 e. The zero-order chi connectivity index (χ0) is 22.7. The van der Waals surface area contributed by atoms with E-state index in [4.69, 9.17) is 9.15 Å². The molecule has 2 aliphatic heterocycles. The Labute approximate surface area is 187 Å². The van der Waals surface area contributed by atoms with Crippen LogP contribution in [0.4, 0.5) is 5.69 Å². The number of nitrogens with one attached hydrogen (secondary N) is 1. The Kier molecular flexibility index (Phi) is 6.52. The van der Waals surface area contributed by atoms with Gasteiger partial charge in [0.05, 0.1) is 12.9 Å². The maximum atomic E-state index is 13.2. The second-order valence-corrected chi connectivity index (χ2v) is 9.74. The number of benzene rings is 1. The van der Waals surface area contributed by atoms with Gasteiger partial charge in [0.15, 0.2) is 5.76 Å². The van der Waals surface area contributed by atoms with Crippen LogP contribution in [0.15, 0.2) is 45.9 Å². The van der Waals surface area contributed by atoms with E-state index in [0.717, 1.165) is 12.8 Å². The second kappa shape index (κ2) is 9.33. The maximum Gasteiger partial charge on any atom is 0.290 e. The molecule has 9 nitrogen and oxygen atoms in total. The first-order valence-electron chi connectivity index (χ1n) is 10.8. The number of nitrogens with zero attached hydrogens (tertiary/aromatic N) is 2. The number of carbonyl (C=O) groups is 2. The molecule has 1 aromatic heterocycles. The third kappa shape index (κ3) is 4.37. The van der Waals surface area contributed by atoms with Crippen molar-refractivity contribution in [3.63, 3.8) is 0 Å². The lowest BCUT2D eigenvalue weighted by Gasteiger charge is -2.23. The number of likely N-dealkylation sites (tertiary alicyclic amines) is 1. The van der Waals surface area contributed by atoms with Crippen molar-refractivity contribution >= 4 is 27.5 Å². The number of hydrogen-bond donors (Lipinski definition) is 1. The monoisotopic (exact) mass is 461 g/mol. The molecule has 2 aliphatic rings. The van der Waals surface area contributed by atoms with Crippen molar-refractivity contribution in [2.24, 2.45) is 0 Å². The van der Waals surface area contributed by atoms with Gasteiger partial charge in [0.1, 0.15) is 16.7 Å². The van der Waals surface area contributed by atoms with Crippen LogP contribution in [0.1, 0.15) is 43.2 Å². The fourth-order valence-corrected chi connectivity index (χ4v) is 5.85. The molecule has 1 aromatic carbocycles. The standard InChI is InChI=1S/C22H27N3O6S/c1-2-30-18-10-9-16(15-20(18)32(28,29)24-11-3-4-12-24)23-21(26)17-7-5-13-25(17)22(27)19-8-6-14-31-19/h6,8-10,14-15,17H,2-5,7,11-13H2,1H3,(H,23,26). The van der Waals surface area contributed by atoms with E-state index < -0.39 is 16.1 Å². The molecule has 0 spiro atoms. The number of rotatable bonds is 7. The summed E-state index contributed by atoms with van der Waals surface area (Å²) in [6, 6.07) is 7.14. The summed E-state index contributed by atoms with van der Waals surface area (Å²) in [7, 11) is -3.74. The third-order valence-corrected chi connectivity index (χ3v) is 7.66. The average Bonchev–Trinajstić information content (AvgIpc) is 3.57. The molecule has 2 aromatic rings. The minimum atomic E-state index is -3.74. The first kappa shape index (κ1) is 22.3. The molecule has 0 aliphatic carbocycles. The summed E-state index contributed by atoms with van der Waals surface area (Å²) < 4.78 is 38.5. The van der Waals surface area contributed by atoms with Gasteiger partial charge >= 0.3 is 0 Å². The lowest BCUT2D eigenvalue weighted by Crippen LogP contribution is -2.43. The predicted molar refractivity (Wildman–Crippen MR) is 117 cm³/mol. The summed E-state index contributed by atoms with van der Waals surface area (Å²) in [5.41, 5.74) is 0.341. The average molecular weight is 462 g/mol. The van der Waals surface area contributed by atoms with Gasteiger partial charge in [-0.3, -0.25) is 9.59 Å². The van der Waals surface area contributed by atoms with Gasteiger partial charge in [-0.25, -0.2) is 8.42 Å². The van der Waals surface area contributed by atoms with Crippen LogP contribution in [0.25, 0.3) is 0 Å². The van der Waals surface area contributed by atoms with Crippen LogP contribution < -0.4 is 10.1 Å². The van der Waals surface area contributed by atoms with E-state index >= 15 is 0 Å². The summed E-state index contributed by atoms with van der Waals surface area (Å²) in [6.07, 6.45) is 4.28. The molecule has 10 heteroatoms. The van der Waals surface area contributed by atoms with Crippen molar-refractivity contribution < 1.29 is 27.2 Å². The lowest BCUT2D eigenvalue weighted by atomic mass is 10.2. The molecule has 1 unspecified atom stereocenters. The predicted octanol–water partition coefficient (Wildman–Crippen LogP) is 2.71. The molecule has 4 rings (SSSR count). The van der Waals surface area contributed by atoms with Crippen LogP contribution in [-0.2, 0) is 14.8 Å². The van der Waals surface area contributed by atoms with Gasteiger partial charge in [0.2, 0.25) is 15.9 Å². The zero-order valence-corrected chi connectivity index (χ0v) is 18.8. The highest BCUT2D eigenvalue weighted by Gasteiger charge is 2.36. The summed E-state index contributed by atoms with van der Waals surface area (Å²) in [4.78, 5) is 27.2. The second-order valence-electron chi connectivity index (χ2n) is 7.83. The van der Waals surface area contributed by atoms with Gasteiger partial charge in [-0.15, -0.1) is 0 Å². The Bertz CT molecular complexity index is 1080. The van der Waals surface area contributed by atoms with Crippen LogP contribution in [0.3, 0.4) is 0 Å². The SMILES string of the molecule is CCOc1ccc(NC(=O)C2CCCN2C(=O)c2ccco2)cc1S(=O)(=O)N1CCCC1. The Morgan fingerprint density at radius 2 is 1.94 bits per heavy atom. The van der Waals surface area contributed by atoms with Crippen molar-refractivity contribution in [3.05, 3.63) is 42.4 Å². The number of ether oxygens (including phenoxy) is 1. The van der Waals surface area contributed by atoms with E-state index in [9.17, 15) is 18.0 Å². The normalized spacial score (nSPS) is 19.3. The first-order chi connectivity index (χ1) is 15.4.